The van der Waals surface area contributed by atoms with Crippen molar-refractivity contribution in [3.8, 4) is 23.5 Å². The predicted molar refractivity (Wildman–Crippen MR) is 177 cm³/mol. The maximum atomic E-state index is 9.98. The highest BCUT2D eigenvalue weighted by Gasteiger charge is 2.21. The summed E-state index contributed by atoms with van der Waals surface area (Å²) in [5.41, 5.74) is 7.76. The van der Waals surface area contributed by atoms with Gasteiger partial charge in [0.15, 0.2) is 0 Å². The van der Waals surface area contributed by atoms with E-state index in [9.17, 15) is 10.5 Å². The fraction of sp³-hybridized carbons (Fsp3) is 0. The van der Waals surface area contributed by atoms with E-state index < -0.39 is 0 Å². The van der Waals surface area contributed by atoms with E-state index in [1.165, 1.54) is 20.2 Å². The zero-order valence-corrected chi connectivity index (χ0v) is 23.6. The Kier molecular flexibility index (Phi) is 4.87. The van der Waals surface area contributed by atoms with E-state index >= 15 is 0 Å². The maximum absolute atomic E-state index is 9.98. The summed E-state index contributed by atoms with van der Waals surface area (Å²) in [6.07, 6.45) is 0. The van der Waals surface area contributed by atoms with Crippen molar-refractivity contribution in [1.82, 2.24) is 9.13 Å². The summed E-state index contributed by atoms with van der Waals surface area (Å²) in [4.78, 5) is 0. The highest BCUT2D eigenvalue weighted by molar-refractivity contribution is 7.26. The molecular weight excluding hydrogens is 545 g/mol. The van der Waals surface area contributed by atoms with Gasteiger partial charge in [-0.25, -0.2) is 0 Å². The standard InChI is InChI=1S/C38H20N4S/c39-21-23-9-5-16-30-35(23)25-11-1-3-14-28(25)41(30)32-18-8-20-34-37(32)27-13-7-19-33(38(27)43-34)42-29-15-4-2-12-26(29)36-24(22-40)10-6-17-31(36)42/h1-20H. The molecule has 0 aliphatic carbocycles. The van der Waals surface area contributed by atoms with Crippen molar-refractivity contribution >= 4 is 75.1 Å². The summed E-state index contributed by atoms with van der Waals surface area (Å²) >= 11 is 1.79. The van der Waals surface area contributed by atoms with E-state index in [0.717, 1.165) is 55.0 Å². The highest BCUT2D eigenvalue weighted by Crippen LogP contribution is 2.44. The quantitative estimate of drug-likeness (QED) is 0.210. The molecule has 0 saturated carbocycles. The molecule has 0 bridgehead atoms. The van der Waals surface area contributed by atoms with Crippen LogP contribution in [0.5, 0.6) is 0 Å². The lowest BCUT2D eigenvalue weighted by atomic mass is 10.1. The molecule has 3 aromatic heterocycles. The van der Waals surface area contributed by atoms with Crippen LogP contribution in [-0.4, -0.2) is 9.13 Å². The van der Waals surface area contributed by atoms with Gasteiger partial charge >= 0.3 is 0 Å². The van der Waals surface area contributed by atoms with Gasteiger partial charge in [0.1, 0.15) is 0 Å². The Hall–Kier alpha value is -5.88. The number of aromatic nitrogens is 2. The average molecular weight is 565 g/mol. The molecule has 9 rings (SSSR count). The molecule has 0 radical (unpaired) electrons. The van der Waals surface area contributed by atoms with E-state index in [1.807, 2.05) is 36.4 Å². The van der Waals surface area contributed by atoms with Gasteiger partial charge in [0.2, 0.25) is 0 Å². The molecule has 198 valence electrons. The number of hydrogen-bond donors (Lipinski definition) is 0. The number of benzene rings is 6. The van der Waals surface area contributed by atoms with Crippen LogP contribution in [0.15, 0.2) is 121 Å². The van der Waals surface area contributed by atoms with Gasteiger partial charge in [-0.3, -0.25) is 0 Å². The van der Waals surface area contributed by atoms with Gasteiger partial charge in [0.25, 0.3) is 0 Å². The first-order valence-electron chi connectivity index (χ1n) is 14.1. The molecule has 5 heteroatoms. The molecular formula is C38H20N4S. The third kappa shape index (κ3) is 3.12. The summed E-state index contributed by atoms with van der Waals surface area (Å²) in [6, 6.07) is 46.5. The summed E-state index contributed by atoms with van der Waals surface area (Å²) in [5, 5.41) is 26.4. The molecule has 4 nitrogen and oxygen atoms in total. The fourth-order valence-electron chi connectivity index (χ4n) is 6.92. The van der Waals surface area contributed by atoms with Gasteiger partial charge in [-0.05, 0) is 54.6 Å². The van der Waals surface area contributed by atoms with E-state index in [4.69, 9.17) is 0 Å². The molecule has 43 heavy (non-hydrogen) atoms. The Morgan fingerprint density at radius 3 is 1.56 bits per heavy atom. The molecule has 0 aliphatic heterocycles. The summed E-state index contributed by atoms with van der Waals surface area (Å²) in [7, 11) is 0. The second-order valence-electron chi connectivity index (χ2n) is 10.7. The van der Waals surface area contributed by atoms with E-state index in [2.05, 4.69) is 106 Å². The summed E-state index contributed by atoms with van der Waals surface area (Å²) < 4.78 is 7.00. The largest absolute Gasteiger partial charge is 0.309 e. The van der Waals surface area contributed by atoms with Crippen LogP contribution in [0, 0.1) is 22.7 Å². The molecule has 0 fully saturated rings. The van der Waals surface area contributed by atoms with Gasteiger partial charge in [-0.15, -0.1) is 11.3 Å². The molecule has 0 unspecified atom stereocenters. The first kappa shape index (κ1) is 23.8. The normalized spacial score (nSPS) is 11.7. The smallest absolute Gasteiger partial charge is 0.0998 e. The number of rotatable bonds is 2. The van der Waals surface area contributed by atoms with Crippen molar-refractivity contribution in [3.05, 3.63) is 132 Å². The average Bonchev–Trinajstić information content (AvgIpc) is 3.72. The van der Waals surface area contributed by atoms with Crippen LogP contribution in [0.3, 0.4) is 0 Å². The van der Waals surface area contributed by atoms with Gasteiger partial charge < -0.3 is 9.13 Å². The molecule has 0 spiro atoms. The van der Waals surface area contributed by atoms with Crippen molar-refractivity contribution in [2.24, 2.45) is 0 Å². The highest BCUT2D eigenvalue weighted by atomic mass is 32.1. The van der Waals surface area contributed by atoms with Gasteiger partial charge in [-0.1, -0.05) is 66.7 Å². The lowest BCUT2D eigenvalue weighted by Gasteiger charge is -2.11. The Balaban J connectivity index is 1.42. The monoisotopic (exact) mass is 564 g/mol. The maximum Gasteiger partial charge on any atom is 0.0998 e. The van der Waals surface area contributed by atoms with Crippen LogP contribution in [0.1, 0.15) is 11.1 Å². The van der Waals surface area contributed by atoms with Crippen molar-refractivity contribution < 1.29 is 0 Å². The Bertz CT molecular complexity index is 2710. The molecule has 0 N–H and O–H groups in total. The predicted octanol–water partition coefficient (Wildman–Crippen LogP) is 9.99. The minimum Gasteiger partial charge on any atom is -0.309 e. The van der Waals surface area contributed by atoms with Crippen LogP contribution >= 0.6 is 11.3 Å². The minimum absolute atomic E-state index is 0.681. The van der Waals surface area contributed by atoms with Crippen LogP contribution in [-0.2, 0) is 0 Å². The topological polar surface area (TPSA) is 57.4 Å². The molecule has 0 saturated heterocycles. The zero-order valence-electron chi connectivity index (χ0n) is 22.7. The fourth-order valence-corrected chi connectivity index (χ4v) is 8.15. The molecule has 0 atom stereocenters. The molecule has 0 aliphatic rings. The number of fused-ring (bicyclic) bond motifs is 9. The third-order valence-electron chi connectivity index (χ3n) is 8.60. The van der Waals surface area contributed by atoms with Gasteiger partial charge in [0.05, 0.1) is 61.4 Å². The third-order valence-corrected chi connectivity index (χ3v) is 9.79. The molecule has 0 amide bonds. The lowest BCUT2D eigenvalue weighted by Crippen LogP contribution is -1.95. The van der Waals surface area contributed by atoms with Crippen molar-refractivity contribution in [3.63, 3.8) is 0 Å². The SMILES string of the molecule is N#Cc1cccc2c1c1ccccc1n2-c1cccc2c1sc1cccc(-n3c4ccccc4c4c(C#N)cccc43)c12. The second-order valence-corrected chi connectivity index (χ2v) is 11.8. The zero-order chi connectivity index (χ0) is 28.7. The Labute approximate surface area is 250 Å². The Morgan fingerprint density at radius 2 is 0.930 bits per heavy atom. The molecule has 6 aromatic carbocycles. The lowest BCUT2D eigenvalue weighted by molar-refractivity contribution is 1.20. The first-order valence-corrected chi connectivity index (χ1v) is 14.9. The number of thiophene rings is 1. The van der Waals surface area contributed by atoms with Crippen molar-refractivity contribution in [2.45, 2.75) is 0 Å². The van der Waals surface area contributed by atoms with Gasteiger partial charge in [-0.2, -0.15) is 10.5 Å². The molecule has 9 aromatic rings. The molecule has 3 heterocycles. The number of nitriles is 2. The van der Waals surface area contributed by atoms with E-state index in [1.54, 1.807) is 11.3 Å². The Morgan fingerprint density at radius 1 is 0.442 bits per heavy atom. The van der Waals surface area contributed by atoms with Crippen molar-refractivity contribution in [2.75, 3.05) is 0 Å². The number of nitrogens with zero attached hydrogens (tertiary/aromatic N) is 4. The second kappa shape index (κ2) is 8.81. The summed E-state index contributed by atoms with van der Waals surface area (Å²) in [5.74, 6) is 0. The van der Waals surface area contributed by atoms with Crippen LogP contribution in [0.4, 0.5) is 0 Å². The van der Waals surface area contributed by atoms with Crippen LogP contribution in [0.2, 0.25) is 0 Å². The van der Waals surface area contributed by atoms with Crippen LogP contribution < -0.4 is 0 Å². The first-order chi connectivity index (χ1) is 21.3. The van der Waals surface area contributed by atoms with E-state index in [-0.39, 0.29) is 0 Å². The number of hydrogen-bond acceptors (Lipinski definition) is 3. The number of para-hydroxylation sites is 2. The summed E-state index contributed by atoms with van der Waals surface area (Å²) in [6.45, 7) is 0. The minimum atomic E-state index is 0.681. The van der Waals surface area contributed by atoms with Gasteiger partial charge in [0, 0.05) is 37.0 Å². The van der Waals surface area contributed by atoms with Crippen molar-refractivity contribution in [1.29, 1.82) is 10.5 Å². The van der Waals surface area contributed by atoms with Crippen LogP contribution in [0.25, 0.3) is 75.2 Å². The van der Waals surface area contributed by atoms with E-state index in [0.29, 0.717) is 11.1 Å².